The number of benzene rings is 1. The van der Waals surface area contributed by atoms with E-state index in [0.29, 0.717) is 12.2 Å². The predicted octanol–water partition coefficient (Wildman–Crippen LogP) is 1.89. The van der Waals surface area contributed by atoms with E-state index in [1.54, 1.807) is 24.3 Å². The molecular formula is C10H11NO2S. The molecule has 3 nitrogen and oxygen atoms in total. The molecule has 4 heteroatoms. The highest BCUT2D eigenvalue weighted by Crippen LogP contribution is 1.99. The smallest absolute Gasteiger partial charge is 0.287 e. The average Bonchev–Trinajstić information content (AvgIpc) is 2.25. The van der Waals surface area contributed by atoms with Gasteiger partial charge in [-0.15, -0.1) is 4.36 Å². The fourth-order valence-corrected chi connectivity index (χ4v) is 1.24. The van der Waals surface area contributed by atoms with Crippen molar-refractivity contribution in [1.29, 1.82) is 0 Å². The fourth-order valence-electron chi connectivity index (χ4n) is 0.801. The van der Waals surface area contributed by atoms with Crippen LogP contribution in [0.3, 0.4) is 0 Å². The molecule has 0 aliphatic heterocycles. The summed E-state index contributed by atoms with van der Waals surface area (Å²) in [7, 11) is 0. The first-order valence-electron chi connectivity index (χ1n) is 4.24. The first kappa shape index (κ1) is 10.8. The summed E-state index contributed by atoms with van der Waals surface area (Å²) in [5.41, 5.74) is 2.03. The van der Waals surface area contributed by atoms with E-state index in [4.69, 9.17) is 4.74 Å². The number of hydrogen-bond donors (Lipinski definition) is 0. The van der Waals surface area contributed by atoms with Crippen LogP contribution in [0.1, 0.15) is 17.3 Å². The normalized spacial score (nSPS) is 9.21. The van der Waals surface area contributed by atoms with E-state index in [-0.39, 0.29) is 5.91 Å². The van der Waals surface area contributed by atoms with Crippen LogP contribution in [0.4, 0.5) is 0 Å². The third-order valence-electron chi connectivity index (χ3n) is 1.43. The van der Waals surface area contributed by atoms with Crippen molar-refractivity contribution in [3.05, 3.63) is 35.9 Å². The minimum Gasteiger partial charge on any atom is -0.342 e. The lowest BCUT2D eigenvalue weighted by Crippen LogP contribution is -1.92. The van der Waals surface area contributed by atoms with Crippen molar-refractivity contribution in [3.8, 4) is 0 Å². The fraction of sp³-hybridized carbons (Fsp3) is 0.200. The van der Waals surface area contributed by atoms with E-state index in [1.165, 1.54) is 5.55 Å². The molecule has 0 fully saturated rings. The summed E-state index contributed by atoms with van der Waals surface area (Å²) in [5.74, 6) is -0.244. The maximum Gasteiger partial charge on any atom is 0.287 e. The second-order valence-electron chi connectivity index (χ2n) is 2.42. The van der Waals surface area contributed by atoms with E-state index >= 15 is 0 Å². The molecule has 0 bridgehead atoms. The number of carbonyl (C=O) groups excluding carboxylic acids is 1. The highest BCUT2D eigenvalue weighted by molar-refractivity contribution is 7.67. The third kappa shape index (κ3) is 3.64. The summed E-state index contributed by atoms with van der Waals surface area (Å²) in [6.07, 6.45) is 0. The van der Waals surface area contributed by atoms with Gasteiger partial charge in [0.15, 0.2) is 0 Å². The molecule has 0 heterocycles. The molecule has 0 radical (unpaired) electrons. The molecule has 0 unspecified atom stereocenters. The number of carbonyl (C=O) groups is 1. The van der Waals surface area contributed by atoms with Crippen LogP contribution < -0.4 is 0 Å². The summed E-state index contributed by atoms with van der Waals surface area (Å²) in [5, 5.41) is 0. The molecule has 1 aromatic carbocycles. The van der Waals surface area contributed by atoms with Crippen LogP contribution in [0, 0.1) is 0 Å². The average molecular weight is 209 g/mol. The van der Waals surface area contributed by atoms with Gasteiger partial charge in [0.2, 0.25) is 0 Å². The lowest BCUT2D eigenvalue weighted by atomic mass is 10.2. The maximum atomic E-state index is 11.3. The Balaban J connectivity index is 2.64. The summed E-state index contributed by atoms with van der Waals surface area (Å²) < 4.78 is 8.64. The quantitative estimate of drug-likeness (QED) is 0.713. The van der Waals surface area contributed by atoms with Crippen molar-refractivity contribution in [2.24, 2.45) is 4.36 Å². The molecule has 0 spiro atoms. The zero-order valence-electron chi connectivity index (χ0n) is 7.84. The Morgan fingerprint density at radius 1 is 1.50 bits per heavy atom. The lowest BCUT2D eigenvalue weighted by Gasteiger charge is -1.90. The van der Waals surface area contributed by atoms with Crippen molar-refractivity contribution >= 4 is 22.6 Å². The molecule has 0 N–H and O–H groups in total. The monoisotopic (exact) mass is 209 g/mol. The van der Waals surface area contributed by atoms with Crippen LogP contribution in [0.5, 0.6) is 0 Å². The highest BCUT2D eigenvalue weighted by atomic mass is 32.1. The first-order valence-corrected chi connectivity index (χ1v) is 5.07. The zero-order valence-corrected chi connectivity index (χ0v) is 8.66. The molecule has 1 rings (SSSR count). The largest absolute Gasteiger partial charge is 0.342 e. The lowest BCUT2D eigenvalue weighted by molar-refractivity contribution is 0.101. The molecule has 1 amide bonds. The van der Waals surface area contributed by atoms with Gasteiger partial charge in [-0.2, -0.15) is 0 Å². The van der Waals surface area contributed by atoms with E-state index in [0.717, 1.165) is 11.1 Å². The van der Waals surface area contributed by atoms with E-state index < -0.39 is 0 Å². The molecule has 14 heavy (non-hydrogen) atoms. The van der Waals surface area contributed by atoms with Crippen molar-refractivity contribution in [2.45, 2.75) is 6.92 Å². The van der Waals surface area contributed by atoms with Crippen LogP contribution in [-0.2, 0) is 15.9 Å². The standard InChI is InChI=1S/C10H11NO2S/c1-2-13-8-14-11-10(12)9-6-4-3-5-7-9/h3-8H,2H2,1H3. The van der Waals surface area contributed by atoms with E-state index in [9.17, 15) is 4.79 Å². The van der Waals surface area contributed by atoms with Crippen molar-refractivity contribution in [1.82, 2.24) is 0 Å². The Kier molecular flexibility index (Phi) is 4.82. The molecule has 0 aromatic heterocycles. The number of amides is 1. The van der Waals surface area contributed by atoms with Gasteiger partial charge in [0, 0.05) is 5.56 Å². The van der Waals surface area contributed by atoms with Crippen LogP contribution in [0.2, 0.25) is 0 Å². The third-order valence-corrected chi connectivity index (χ3v) is 1.93. The number of nitrogens with zero attached hydrogens (tertiary/aromatic N) is 1. The van der Waals surface area contributed by atoms with Gasteiger partial charge in [-0.1, -0.05) is 18.2 Å². The SMILES string of the molecule is CCOC=S=NC(=O)c1ccccc1. The van der Waals surface area contributed by atoms with Gasteiger partial charge in [0.25, 0.3) is 5.91 Å². The highest BCUT2D eigenvalue weighted by Gasteiger charge is 1.99. The molecule has 74 valence electrons. The van der Waals surface area contributed by atoms with Gasteiger partial charge in [0.1, 0.15) is 5.55 Å². The second-order valence-corrected chi connectivity index (χ2v) is 3.01. The van der Waals surface area contributed by atoms with Gasteiger partial charge < -0.3 is 4.74 Å². The summed E-state index contributed by atoms with van der Waals surface area (Å²) >= 11 is 1.01. The van der Waals surface area contributed by atoms with Gasteiger partial charge in [-0.3, -0.25) is 4.79 Å². The predicted molar refractivity (Wildman–Crippen MR) is 58.3 cm³/mol. The number of hydrogen-bond acceptors (Lipinski definition) is 2. The molecular weight excluding hydrogens is 198 g/mol. The number of ether oxygens (including phenoxy) is 1. The van der Waals surface area contributed by atoms with E-state index in [1.807, 2.05) is 13.0 Å². The Labute approximate surface area is 86.4 Å². The minimum absolute atomic E-state index is 0.244. The summed E-state index contributed by atoms with van der Waals surface area (Å²) in [6, 6.07) is 8.93. The number of rotatable bonds is 3. The van der Waals surface area contributed by atoms with Crippen LogP contribution in [0.25, 0.3) is 0 Å². The Bertz CT molecular complexity index is 356. The second kappa shape index (κ2) is 6.23. The van der Waals surface area contributed by atoms with Crippen LogP contribution in [0.15, 0.2) is 34.7 Å². The van der Waals surface area contributed by atoms with Gasteiger partial charge in [-0.05, 0) is 30.2 Å². The molecule has 1 aromatic rings. The molecule has 0 atom stereocenters. The maximum absolute atomic E-state index is 11.3. The Morgan fingerprint density at radius 2 is 2.21 bits per heavy atom. The van der Waals surface area contributed by atoms with Gasteiger partial charge >= 0.3 is 0 Å². The van der Waals surface area contributed by atoms with Gasteiger partial charge in [-0.25, -0.2) is 0 Å². The van der Waals surface area contributed by atoms with Crippen molar-refractivity contribution in [3.63, 3.8) is 0 Å². The zero-order chi connectivity index (χ0) is 10.2. The van der Waals surface area contributed by atoms with Crippen molar-refractivity contribution < 1.29 is 9.53 Å². The summed E-state index contributed by atoms with van der Waals surface area (Å²) in [4.78, 5) is 11.3. The van der Waals surface area contributed by atoms with Gasteiger partial charge in [0.05, 0.1) is 6.61 Å². The van der Waals surface area contributed by atoms with Crippen molar-refractivity contribution in [2.75, 3.05) is 6.61 Å². The summed E-state index contributed by atoms with van der Waals surface area (Å²) in [6.45, 7) is 2.46. The minimum atomic E-state index is -0.244. The molecule has 0 aliphatic rings. The Hall–Kier alpha value is -1.26. The van der Waals surface area contributed by atoms with Crippen LogP contribution in [-0.4, -0.2) is 18.1 Å². The molecule has 0 saturated carbocycles. The van der Waals surface area contributed by atoms with E-state index in [2.05, 4.69) is 4.36 Å². The Morgan fingerprint density at radius 3 is 2.86 bits per heavy atom. The topological polar surface area (TPSA) is 38.7 Å². The molecule has 0 saturated heterocycles. The van der Waals surface area contributed by atoms with Crippen LogP contribution >= 0.6 is 0 Å². The first-order chi connectivity index (χ1) is 6.84. The molecule has 0 aliphatic carbocycles.